The fraction of sp³-hybridized carbons (Fsp3) is 0.240. The van der Waals surface area contributed by atoms with Gasteiger partial charge in [-0.1, -0.05) is 29.8 Å². The largest absolute Gasteiger partial charge is 0.491 e. The second-order valence-electron chi connectivity index (χ2n) is 8.15. The van der Waals surface area contributed by atoms with E-state index < -0.39 is 17.6 Å². The maximum atomic E-state index is 11.6. The Kier molecular flexibility index (Phi) is 5.42. The van der Waals surface area contributed by atoms with E-state index in [1.807, 2.05) is 57.2 Å². The molecule has 2 unspecified atom stereocenters. The number of nitrogens with zero attached hydrogens (tertiary/aromatic N) is 1. The number of hydrogen-bond donors (Lipinski definition) is 2. The molecule has 1 aliphatic rings. The van der Waals surface area contributed by atoms with Crippen LogP contribution in [-0.2, 0) is 5.41 Å². The number of rotatable bonds is 5. The van der Waals surface area contributed by atoms with Crippen molar-refractivity contribution in [1.82, 2.24) is 0 Å². The van der Waals surface area contributed by atoms with Crippen LogP contribution in [0.2, 0.25) is 5.02 Å². The van der Waals surface area contributed by atoms with E-state index in [0.717, 1.165) is 22.6 Å². The molecule has 0 fully saturated rings. The minimum Gasteiger partial charge on any atom is -0.491 e. The number of aromatic carboxylic acids is 1. The summed E-state index contributed by atoms with van der Waals surface area (Å²) in [6.07, 6.45) is -0.906. The molecule has 5 nitrogen and oxygen atoms in total. The normalized spacial score (nSPS) is 20.1. The van der Waals surface area contributed by atoms with Crippen molar-refractivity contribution in [3.05, 3.63) is 88.4 Å². The highest BCUT2D eigenvalue weighted by atomic mass is 35.5. The van der Waals surface area contributed by atoms with Crippen LogP contribution in [0.25, 0.3) is 0 Å². The van der Waals surface area contributed by atoms with Crippen molar-refractivity contribution in [3.63, 3.8) is 0 Å². The summed E-state index contributed by atoms with van der Waals surface area (Å²) in [4.78, 5) is 13.2. The van der Waals surface area contributed by atoms with Gasteiger partial charge in [0, 0.05) is 16.4 Å². The van der Waals surface area contributed by atoms with Gasteiger partial charge in [-0.05, 0) is 80.4 Å². The zero-order valence-corrected chi connectivity index (χ0v) is 18.3. The molecule has 160 valence electrons. The number of carbonyl (C=O) groups is 1. The van der Waals surface area contributed by atoms with Crippen LogP contribution in [0.15, 0.2) is 66.7 Å². The Morgan fingerprint density at radius 2 is 1.81 bits per heavy atom. The third kappa shape index (κ3) is 3.64. The maximum Gasteiger partial charge on any atom is 0.335 e. The first-order valence-electron chi connectivity index (χ1n) is 10.1. The van der Waals surface area contributed by atoms with Gasteiger partial charge in [0.2, 0.25) is 0 Å². The molecule has 2 N–H and O–H groups in total. The number of aliphatic hydroxyl groups excluding tert-OH is 1. The minimum atomic E-state index is -1.02. The molecule has 0 radical (unpaired) electrons. The fourth-order valence-electron chi connectivity index (χ4n) is 4.19. The molecule has 0 bridgehead atoms. The first-order chi connectivity index (χ1) is 14.7. The molecule has 3 aromatic carbocycles. The smallest absolute Gasteiger partial charge is 0.335 e. The van der Waals surface area contributed by atoms with Gasteiger partial charge in [0.05, 0.1) is 17.1 Å². The number of carboxylic acid groups (broad SMARTS) is 1. The SMILES string of the molecule is CC(C)Oc1ccc(C2(C)c3cc(Cl)ccc3N(c3cccc(C(=O)O)c3)C2O)cc1. The number of aliphatic hydroxyl groups is 1. The van der Waals surface area contributed by atoms with Gasteiger partial charge in [0.25, 0.3) is 0 Å². The van der Waals surface area contributed by atoms with Crippen LogP contribution >= 0.6 is 11.6 Å². The Hall–Kier alpha value is -3.02. The van der Waals surface area contributed by atoms with Gasteiger partial charge in [-0.15, -0.1) is 0 Å². The summed E-state index contributed by atoms with van der Waals surface area (Å²) in [5.74, 6) is -0.262. The molecule has 3 aromatic rings. The van der Waals surface area contributed by atoms with E-state index >= 15 is 0 Å². The standard InChI is InChI=1S/C25H24ClNO4/c1-15(2)31-20-10-7-17(8-11-20)25(3)21-14-18(26)9-12-22(21)27(24(25)30)19-6-4-5-16(13-19)23(28)29/h4-15,24,30H,1-3H3,(H,28,29). The second kappa shape index (κ2) is 7.91. The Morgan fingerprint density at radius 1 is 1.10 bits per heavy atom. The molecule has 0 aliphatic carbocycles. The Bertz CT molecular complexity index is 1130. The van der Waals surface area contributed by atoms with Gasteiger partial charge in [0.15, 0.2) is 0 Å². The minimum absolute atomic E-state index is 0.0649. The van der Waals surface area contributed by atoms with Crippen LogP contribution in [-0.4, -0.2) is 28.5 Å². The lowest BCUT2D eigenvalue weighted by Crippen LogP contribution is -2.41. The molecule has 0 spiro atoms. The lowest BCUT2D eigenvalue weighted by atomic mass is 9.76. The lowest BCUT2D eigenvalue weighted by Gasteiger charge is -2.33. The van der Waals surface area contributed by atoms with Crippen molar-refractivity contribution in [3.8, 4) is 5.75 Å². The average Bonchev–Trinajstić information content (AvgIpc) is 2.96. The van der Waals surface area contributed by atoms with E-state index in [4.69, 9.17) is 16.3 Å². The van der Waals surface area contributed by atoms with Crippen LogP contribution < -0.4 is 9.64 Å². The molecule has 4 rings (SSSR count). The third-order valence-electron chi connectivity index (χ3n) is 5.74. The average molecular weight is 438 g/mol. The molecule has 0 saturated carbocycles. The van der Waals surface area contributed by atoms with Gasteiger partial charge in [-0.3, -0.25) is 0 Å². The molecule has 1 heterocycles. The van der Waals surface area contributed by atoms with Crippen molar-refractivity contribution in [2.45, 2.75) is 38.5 Å². The monoisotopic (exact) mass is 437 g/mol. The highest BCUT2D eigenvalue weighted by molar-refractivity contribution is 6.30. The molecule has 0 amide bonds. The number of benzene rings is 3. The van der Waals surface area contributed by atoms with Crippen molar-refractivity contribution < 1.29 is 19.7 Å². The number of ether oxygens (including phenoxy) is 1. The maximum absolute atomic E-state index is 11.6. The third-order valence-corrected chi connectivity index (χ3v) is 5.97. The molecule has 0 aromatic heterocycles. The summed E-state index contributed by atoms with van der Waals surface area (Å²) in [6.45, 7) is 5.90. The van der Waals surface area contributed by atoms with Gasteiger partial charge >= 0.3 is 5.97 Å². The predicted octanol–water partition coefficient (Wildman–Crippen LogP) is 5.60. The van der Waals surface area contributed by atoms with Crippen molar-refractivity contribution in [2.24, 2.45) is 0 Å². The van der Waals surface area contributed by atoms with Gasteiger partial charge in [0.1, 0.15) is 12.0 Å². The highest BCUT2D eigenvalue weighted by Gasteiger charge is 2.49. The van der Waals surface area contributed by atoms with Gasteiger partial charge < -0.3 is 19.8 Å². The number of fused-ring (bicyclic) bond motifs is 1. The van der Waals surface area contributed by atoms with E-state index in [2.05, 4.69) is 0 Å². The van der Waals surface area contributed by atoms with Crippen LogP contribution in [0.5, 0.6) is 5.75 Å². The Balaban J connectivity index is 1.84. The fourth-order valence-corrected chi connectivity index (χ4v) is 4.36. The van der Waals surface area contributed by atoms with Gasteiger partial charge in [-0.25, -0.2) is 4.79 Å². The van der Waals surface area contributed by atoms with E-state index in [9.17, 15) is 15.0 Å². The van der Waals surface area contributed by atoms with E-state index in [1.165, 1.54) is 6.07 Å². The summed E-state index contributed by atoms with van der Waals surface area (Å²) in [5.41, 5.74) is 2.51. The zero-order valence-electron chi connectivity index (χ0n) is 17.5. The Morgan fingerprint density at radius 3 is 2.45 bits per heavy atom. The summed E-state index contributed by atoms with van der Waals surface area (Å²) in [5, 5.41) is 21.6. The van der Waals surface area contributed by atoms with Crippen LogP contribution in [0, 0.1) is 0 Å². The van der Waals surface area contributed by atoms with Gasteiger partial charge in [-0.2, -0.15) is 0 Å². The first-order valence-corrected chi connectivity index (χ1v) is 10.5. The predicted molar refractivity (Wildman–Crippen MR) is 122 cm³/mol. The number of hydrogen-bond acceptors (Lipinski definition) is 4. The van der Waals surface area contributed by atoms with Crippen LogP contribution in [0.3, 0.4) is 0 Å². The molecule has 0 saturated heterocycles. The first kappa shape index (κ1) is 21.2. The van der Waals surface area contributed by atoms with E-state index in [-0.39, 0.29) is 11.7 Å². The summed E-state index contributed by atoms with van der Waals surface area (Å²) in [7, 11) is 0. The highest BCUT2D eigenvalue weighted by Crippen LogP contribution is 2.52. The number of halogens is 1. The summed E-state index contributed by atoms with van der Waals surface area (Å²) >= 11 is 6.33. The lowest BCUT2D eigenvalue weighted by molar-refractivity contribution is 0.0696. The second-order valence-corrected chi connectivity index (χ2v) is 8.59. The Labute approximate surface area is 186 Å². The molecule has 1 aliphatic heterocycles. The quantitative estimate of drug-likeness (QED) is 0.543. The summed E-state index contributed by atoms with van der Waals surface area (Å²) < 4.78 is 5.76. The molecule has 6 heteroatoms. The topological polar surface area (TPSA) is 70.0 Å². The summed E-state index contributed by atoms with van der Waals surface area (Å²) in [6, 6.07) is 19.7. The van der Waals surface area contributed by atoms with E-state index in [0.29, 0.717) is 10.7 Å². The van der Waals surface area contributed by atoms with Crippen LogP contribution in [0.1, 0.15) is 42.3 Å². The number of carboxylic acids is 1. The molecular formula is C25H24ClNO4. The molecule has 31 heavy (non-hydrogen) atoms. The zero-order chi connectivity index (χ0) is 22.3. The van der Waals surface area contributed by atoms with Crippen molar-refractivity contribution in [2.75, 3.05) is 4.90 Å². The molecule has 2 atom stereocenters. The van der Waals surface area contributed by atoms with Crippen molar-refractivity contribution >= 4 is 28.9 Å². The van der Waals surface area contributed by atoms with E-state index in [1.54, 1.807) is 29.2 Å². The molecular weight excluding hydrogens is 414 g/mol. The van der Waals surface area contributed by atoms with Crippen molar-refractivity contribution in [1.29, 1.82) is 0 Å². The number of anilines is 2. The van der Waals surface area contributed by atoms with Crippen LogP contribution in [0.4, 0.5) is 11.4 Å².